The molecule has 0 radical (unpaired) electrons. The van der Waals surface area contributed by atoms with Gasteiger partial charge in [0.2, 0.25) is 0 Å². The van der Waals surface area contributed by atoms with Gasteiger partial charge in [-0.3, -0.25) is 0 Å². The van der Waals surface area contributed by atoms with E-state index in [1.54, 1.807) is 20.3 Å². The fraction of sp³-hybridized carbons (Fsp3) is 0.167. The minimum atomic E-state index is -0.370. The van der Waals surface area contributed by atoms with Gasteiger partial charge in [0.1, 0.15) is 17.1 Å². The van der Waals surface area contributed by atoms with Crippen molar-refractivity contribution in [2.45, 2.75) is 6.92 Å². The third-order valence-corrected chi connectivity index (χ3v) is 3.58. The predicted molar refractivity (Wildman–Crippen MR) is 85.8 cm³/mol. The SMILES string of the molecule is COc1ccc(-c2cc3c(OC)cc(C)cc3oc2=O)cc1. The van der Waals surface area contributed by atoms with Crippen molar-refractivity contribution in [2.24, 2.45) is 0 Å². The number of hydrogen-bond donors (Lipinski definition) is 0. The monoisotopic (exact) mass is 296 g/mol. The van der Waals surface area contributed by atoms with Gasteiger partial charge in [-0.2, -0.15) is 0 Å². The minimum absolute atomic E-state index is 0.370. The average molecular weight is 296 g/mol. The number of fused-ring (bicyclic) bond motifs is 1. The van der Waals surface area contributed by atoms with Crippen molar-refractivity contribution < 1.29 is 13.9 Å². The van der Waals surface area contributed by atoms with Crippen molar-refractivity contribution in [3.8, 4) is 22.6 Å². The van der Waals surface area contributed by atoms with Crippen molar-refractivity contribution in [1.82, 2.24) is 0 Å². The van der Waals surface area contributed by atoms with Crippen molar-refractivity contribution in [3.05, 3.63) is 58.4 Å². The van der Waals surface area contributed by atoms with Crippen LogP contribution in [0.2, 0.25) is 0 Å². The largest absolute Gasteiger partial charge is 0.497 e. The summed E-state index contributed by atoms with van der Waals surface area (Å²) in [6.07, 6.45) is 0. The van der Waals surface area contributed by atoms with Crippen LogP contribution in [0.3, 0.4) is 0 Å². The molecule has 0 saturated heterocycles. The molecule has 0 spiro atoms. The lowest BCUT2D eigenvalue weighted by Crippen LogP contribution is -2.03. The summed E-state index contributed by atoms with van der Waals surface area (Å²) in [7, 11) is 3.21. The highest BCUT2D eigenvalue weighted by atomic mass is 16.5. The van der Waals surface area contributed by atoms with E-state index in [1.165, 1.54) is 0 Å². The Morgan fingerprint density at radius 3 is 2.32 bits per heavy atom. The molecule has 0 aliphatic heterocycles. The van der Waals surface area contributed by atoms with E-state index >= 15 is 0 Å². The van der Waals surface area contributed by atoms with Gasteiger partial charge in [-0.05, 0) is 48.4 Å². The highest BCUT2D eigenvalue weighted by Crippen LogP contribution is 2.30. The maximum Gasteiger partial charge on any atom is 0.344 e. The lowest BCUT2D eigenvalue weighted by molar-refractivity contribution is 0.415. The van der Waals surface area contributed by atoms with Crippen molar-refractivity contribution in [2.75, 3.05) is 14.2 Å². The zero-order chi connectivity index (χ0) is 15.7. The Bertz CT molecular complexity index is 876. The van der Waals surface area contributed by atoms with Crippen LogP contribution in [-0.4, -0.2) is 14.2 Å². The Hall–Kier alpha value is -2.75. The van der Waals surface area contributed by atoms with Crippen LogP contribution in [0, 0.1) is 6.92 Å². The van der Waals surface area contributed by atoms with Gasteiger partial charge in [-0.15, -0.1) is 0 Å². The standard InChI is InChI=1S/C18H16O4/c1-11-8-16(21-3)15-10-14(18(19)22-17(15)9-11)12-4-6-13(20-2)7-5-12/h4-10H,1-3H3. The predicted octanol–water partition coefficient (Wildman–Crippen LogP) is 3.79. The molecule has 0 amide bonds. The topological polar surface area (TPSA) is 48.7 Å². The van der Waals surface area contributed by atoms with E-state index in [0.29, 0.717) is 16.9 Å². The Morgan fingerprint density at radius 1 is 0.955 bits per heavy atom. The third-order valence-electron chi connectivity index (χ3n) is 3.58. The molecule has 1 aromatic heterocycles. The van der Waals surface area contributed by atoms with E-state index in [0.717, 1.165) is 22.3 Å². The molecule has 2 aromatic carbocycles. The Balaban J connectivity index is 2.23. The molecule has 0 saturated carbocycles. The van der Waals surface area contributed by atoms with Crippen molar-refractivity contribution in [3.63, 3.8) is 0 Å². The molecule has 0 fully saturated rings. The van der Waals surface area contributed by atoms with Crippen molar-refractivity contribution >= 4 is 11.0 Å². The molecule has 0 bridgehead atoms. The number of methoxy groups -OCH3 is 2. The van der Waals surface area contributed by atoms with E-state index in [-0.39, 0.29) is 5.63 Å². The highest BCUT2D eigenvalue weighted by molar-refractivity contribution is 5.87. The molecule has 0 aliphatic carbocycles. The maximum absolute atomic E-state index is 12.3. The van der Waals surface area contributed by atoms with Gasteiger partial charge in [-0.25, -0.2) is 4.79 Å². The Labute approximate surface area is 127 Å². The summed E-state index contributed by atoms with van der Waals surface area (Å²) in [6.45, 7) is 1.93. The summed E-state index contributed by atoms with van der Waals surface area (Å²) in [6, 6.07) is 12.8. The number of rotatable bonds is 3. The van der Waals surface area contributed by atoms with Crippen LogP contribution in [0.25, 0.3) is 22.1 Å². The highest BCUT2D eigenvalue weighted by Gasteiger charge is 2.12. The summed E-state index contributed by atoms with van der Waals surface area (Å²) in [4.78, 5) is 12.3. The lowest BCUT2D eigenvalue weighted by Gasteiger charge is -2.08. The van der Waals surface area contributed by atoms with Crippen LogP contribution < -0.4 is 15.1 Å². The molecule has 3 rings (SSSR count). The summed E-state index contributed by atoms with van der Waals surface area (Å²) in [5, 5.41) is 0.776. The summed E-state index contributed by atoms with van der Waals surface area (Å²) in [5.74, 6) is 1.43. The van der Waals surface area contributed by atoms with E-state index in [4.69, 9.17) is 13.9 Å². The Morgan fingerprint density at radius 2 is 1.68 bits per heavy atom. The quantitative estimate of drug-likeness (QED) is 0.690. The molecule has 0 aliphatic rings. The summed E-state index contributed by atoms with van der Waals surface area (Å²) >= 11 is 0. The molecule has 4 nitrogen and oxygen atoms in total. The molecular formula is C18H16O4. The Kier molecular flexibility index (Phi) is 3.59. The third kappa shape index (κ3) is 2.44. The zero-order valence-electron chi connectivity index (χ0n) is 12.7. The van der Waals surface area contributed by atoms with E-state index in [1.807, 2.05) is 43.3 Å². The van der Waals surface area contributed by atoms with E-state index in [9.17, 15) is 4.79 Å². The summed E-state index contributed by atoms with van der Waals surface area (Å²) in [5.41, 5.74) is 2.41. The first-order valence-corrected chi connectivity index (χ1v) is 6.89. The van der Waals surface area contributed by atoms with Gasteiger partial charge in [0.05, 0.1) is 25.2 Å². The maximum atomic E-state index is 12.3. The average Bonchev–Trinajstić information content (AvgIpc) is 2.53. The second kappa shape index (κ2) is 5.56. The van der Waals surface area contributed by atoms with Crippen LogP contribution in [-0.2, 0) is 0 Å². The number of aryl methyl sites for hydroxylation is 1. The van der Waals surface area contributed by atoms with Gasteiger partial charge in [-0.1, -0.05) is 12.1 Å². The molecule has 22 heavy (non-hydrogen) atoms. The molecule has 4 heteroatoms. The first kappa shape index (κ1) is 14.2. The van der Waals surface area contributed by atoms with Crippen LogP contribution in [0.4, 0.5) is 0 Å². The van der Waals surface area contributed by atoms with Gasteiger partial charge >= 0.3 is 5.63 Å². The molecule has 3 aromatic rings. The van der Waals surface area contributed by atoms with E-state index in [2.05, 4.69) is 0 Å². The smallest absolute Gasteiger partial charge is 0.344 e. The summed E-state index contributed by atoms with van der Waals surface area (Å²) < 4.78 is 16.0. The van der Waals surface area contributed by atoms with Crippen molar-refractivity contribution in [1.29, 1.82) is 0 Å². The molecular weight excluding hydrogens is 280 g/mol. The van der Waals surface area contributed by atoms with Crippen LogP contribution in [0.1, 0.15) is 5.56 Å². The fourth-order valence-electron chi connectivity index (χ4n) is 2.46. The number of hydrogen-bond acceptors (Lipinski definition) is 4. The van der Waals surface area contributed by atoms with Gasteiger partial charge in [0.15, 0.2) is 0 Å². The molecule has 112 valence electrons. The lowest BCUT2D eigenvalue weighted by atomic mass is 10.0. The molecule has 0 N–H and O–H groups in total. The van der Waals surface area contributed by atoms with Crippen LogP contribution in [0.5, 0.6) is 11.5 Å². The van der Waals surface area contributed by atoms with Gasteiger partial charge in [0, 0.05) is 0 Å². The zero-order valence-corrected chi connectivity index (χ0v) is 12.7. The van der Waals surface area contributed by atoms with Crippen LogP contribution in [0.15, 0.2) is 51.7 Å². The molecule has 1 heterocycles. The second-order valence-electron chi connectivity index (χ2n) is 5.06. The normalized spacial score (nSPS) is 10.7. The fourth-order valence-corrected chi connectivity index (χ4v) is 2.46. The first-order valence-electron chi connectivity index (χ1n) is 6.89. The number of benzene rings is 2. The second-order valence-corrected chi connectivity index (χ2v) is 5.06. The van der Waals surface area contributed by atoms with Crippen LogP contribution >= 0.6 is 0 Å². The van der Waals surface area contributed by atoms with E-state index < -0.39 is 0 Å². The molecule has 0 unspecified atom stereocenters. The minimum Gasteiger partial charge on any atom is -0.497 e. The van der Waals surface area contributed by atoms with Gasteiger partial charge in [0.25, 0.3) is 0 Å². The van der Waals surface area contributed by atoms with Gasteiger partial charge < -0.3 is 13.9 Å². The first-order chi connectivity index (χ1) is 10.6. The number of ether oxygens (including phenoxy) is 2. The molecule has 0 atom stereocenters.